The number of hydrogen-bond donors (Lipinski definition) is 1. The number of methoxy groups -OCH3 is 1. The van der Waals surface area contributed by atoms with Gasteiger partial charge < -0.3 is 10.1 Å². The van der Waals surface area contributed by atoms with Gasteiger partial charge in [-0.15, -0.1) is 0 Å². The molecule has 4 heteroatoms. The smallest absolute Gasteiger partial charge is 0.133 e. The Morgan fingerprint density at radius 1 is 1.16 bits per heavy atom. The molecule has 1 atom stereocenters. The quantitative estimate of drug-likeness (QED) is 0.668. The number of benzene rings is 2. The van der Waals surface area contributed by atoms with Gasteiger partial charge in [0.25, 0.3) is 0 Å². The van der Waals surface area contributed by atoms with Crippen molar-refractivity contribution in [2.24, 2.45) is 0 Å². The number of nitrogens with one attached hydrogen (secondary N) is 1. The van der Waals surface area contributed by atoms with Crippen LogP contribution in [0.2, 0.25) is 0 Å². The topological polar surface area (TPSA) is 21.3 Å². The van der Waals surface area contributed by atoms with Gasteiger partial charge in [0.15, 0.2) is 0 Å². The maximum absolute atomic E-state index is 5.24. The highest BCUT2D eigenvalue weighted by atomic mass is 127. The molecule has 0 radical (unpaired) electrons. The monoisotopic (exact) mass is 431 g/mol. The highest BCUT2D eigenvalue weighted by molar-refractivity contribution is 14.1. The summed E-state index contributed by atoms with van der Waals surface area (Å²) < 4.78 is 7.46. The highest BCUT2D eigenvalue weighted by Crippen LogP contribution is 2.29. The van der Waals surface area contributed by atoms with Crippen molar-refractivity contribution in [3.05, 3.63) is 56.1 Å². The lowest BCUT2D eigenvalue weighted by atomic mass is 10.1. The van der Waals surface area contributed by atoms with Crippen molar-refractivity contribution < 1.29 is 4.74 Å². The molecule has 100 valence electrons. The molecule has 2 rings (SSSR count). The van der Waals surface area contributed by atoms with E-state index in [0.29, 0.717) is 0 Å². The molecule has 0 spiro atoms. The molecule has 0 saturated carbocycles. The van der Waals surface area contributed by atoms with Crippen LogP contribution in [-0.4, -0.2) is 7.11 Å². The Morgan fingerprint density at radius 3 is 2.42 bits per heavy atom. The molecule has 0 fully saturated rings. The van der Waals surface area contributed by atoms with Crippen LogP contribution in [0.3, 0.4) is 0 Å². The van der Waals surface area contributed by atoms with E-state index in [4.69, 9.17) is 4.74 Å². The van der Waals surface area contributed by atoms with Crippen LogP contribution in [0.5, 0.6) is 5.75 Å². The number of hydrogen-bond acceptors (Lipinski definition) is 2. The number of halogens is 2. The zero-order valence-corrected chi connectivity index (χ0v) is 14.5. The first-order chi connectivity index (χ1) is 9.10. The summed E-state index contributed by atoms with van der Waals surface area (Å²) in [6.07, 6.45) is 0. The summed E-state index contributed by atoms with van der Waals surface area (Å²) in [5.74, 6) is 0.852. The van der Waals surface area contributed by atoms with Gasteiger partial charge in [-0.3, -0.25) is 0 Å². The van der Waals surface area contributed by atoms with Gasteiger partial charge in [0.05, 0.1) is 11.6 Å². The first-order valence-electron chi connectivity index (χ1n) is 5.95. The maximum Gasteiger partial charge on any atom is 0.133 e. The van der Waals surface area contributed by atoms with Crippen LogP contribution in [0.25, 0.3) is 0 Å². The van der Waals surface area contributed by atoms with Crippen molar-refractivity contribution in [1.29, 1.82) is 0 Å². The molecule has 2 aromatic carbocycles. The molecule has 19 heavy (non-hydrogen) atoms. The summed E-state index contributed by atoms with van der Waals surface area (Å²) >= 11 is 5.82. The molecule has 0 heterocycles. The zero-order chi connectivity index (χ0) is 13.8. The average molecular weight is 432 g/mol. The zero-order valence-electron chi connectivity index (χ0n) is 10.8. The van der Waals surface area contributed by atoms with Crippen molar-refractivity contribution in [3.8, 4) is 5.75 Å². The molecule has 0 aliphatic heterocycles. The summed E-state index contributed by atoms with van der Waals surface area (Å²) in [5.41, 5.74) is 2.34. The standard InChI is InChI=1S/C15H15BrINO/c1-10(18-13-6-4-12(17)5-7-13)11-3-8-15(19-2)14(16)9-11/h3-10,18H,1-2H3. The predicted octanol–water partition coefficient (Wildman–Crippen LogP) is 5.24. The van der Waals surface area contributed by atoms with E-state index in [1.807, 2.05) is 6.07 Å². The Kier molecular flexibility index (Phi) is 5.10. The Hall–Kier alpha value is -0.750. The lowest BCUT2D eigenvalue weighted by Gasteiger charge is -2.17. The highest BCUT2D eigenvalue weighted by Gasteiger charge is 2.08. The normalized spacial score (nSPS) is 12.0. The Morgan fingerprint density at radius 2 is 1.84 bits per heavy atom. The molecule has 1 N–H and O–H groups in total. The van der Waals surface area contributed by atoms with Crippen molar-refractivity contribution in [2.75, 3.05) is 12.4 Å². The SMILES string of the molecule is COc1ccc(C(C)Nc2ccc(I)cc2)cc1Br. The van der Waals surface area contributed by atoms with Crippen LogP contribution in [0.4, 0.5) is 5.69 Å². The number of anilines is 1. The van der Waals surface area contributed by atoms with Gasteiger partial charge in [0, 0.05) is 15.3 Å². The van der Waals surface area contributed by atoms with E-state index in [1.54, 1.807) is 7.11 Å². The van der Waals surface area contributed by atoms with E-state index in [-0.39, 0.29) is 6.04 Å². The molecule has 0 bridgehead atoms. The van der Waals surface area contributed by atoms with E-state index >= 15 is 0 Å². The largest absolute Gasteiger partial charge is 0.496 e. The molecule has 0 aromatic heterocycles. The molecular weight excluding hydrogens is 417 g/mol. The van der Waals surface area contributed by atoms with E-state index in [1.165, 1.54) is 9.13 Å². The summed E-state index contributed by atoms with van der Waals surface area (Å²) in [6, 6.07) is 14.8. The molecule has 0 amide bonds. The fraction of sp³-hybridized carbons (Fsp3) is 0.200. The second kappa shape index (κ2) is 6.61. The van der Waals surface area contributed by atoms with Crippen molar-refractivity contribution in [2.45, 2.75) is 13.0 Å². The second-order valence-corrected chi connectivity index (χ2v) is 6.37. The van der Waals surface area contributed by atoms with Crippen LogP contribution in [0, 0.1) is 3.57 Å². The van der Waals surface area contributed by atoms with Crippen LogP contribution in [0.1, 0.15) is 18.5 Å². The lowest BCUT2D eigenvalue weighted by Crippen LogP contribution is -2.06. The number of rotatable bonds is 4. The van der Waals surface area contributed by atoms with Gasteiger partial charge in [0.1, 0.15) is 5.75 Å². The minimum Gasteiger partial charge on any atom is -0.496 e. The van der Waals surface area contributed by atoms with Crippen LogP contribution >= 0.6 is 38.5 Å². The average Bonchev–Trinajstić information content (AvgIpc) is 2.41. The van der Waals surface area contributed by atoms with Crippen LogP contribution in [0.15, 0.2) is 46.9 Å². The van der Waals surface area contributed by atoms with E-state index in [2.05, 4.69) is 87.2 Å². The third kappa shape index (κ3) is 3.86. The molecule has 2 aromatic rings. The lowest BCUT2D eigenvalue weighted by molar-refractivity contribution is 0.412. The first-order valence-corrected chi connectivity index (χ1v) is 7.83. The van der Waals surface area contributed by atoms with Gasteiger partial charge in [-0.2, -0.15) is 0 Å². The maximum atomic E-state index is 5.24. The van der Waals surface area contributed by atoms with E-state index in [9.17, 15) is 0 Å². The molecular formula is C15H15BrINO. The van der Waals surface area contributed by atoms with Crippen molar-refractivity contribution >= 4 is 44.2 Å². The van der Waals surface area contributed by atoms with Gasteiger partial charge in [-0.05, 0) is 87.4 Å². The predicted molar refractivity (Wildman–Crippen MR) is 91.9 cm³/mol. The third-order valence-electron chi connectivity index (χ3n) is 2.90. The van der Waals surface area contributed by atoms with E-state index in [0.717, 1.165) is 15.9 Å². The van der Waals surface area contributed by atoms with Crippen LogP contribution < -0.4 is 10.1 Å². The van der Waals surface area contributed by atoms with Crippen LogP contribution in [-0.2, 0) is 0 Å². The Labute approximate surface area is 135 Å². The fourth-order valence-electron chi connectivity index (χ4n) is 1.83. The van der Waals surface area contributed by atoms with E-state index < -0.39 is 0 Å². The Balaban J connectivity index is 2.13. The first kappa shape index (κ1) is 14.7. The third-order valence-corrected chi connectivity index (χ3v) is 4.24. The molecule has 0 saturated heterocycles. The van der Waals surface area contributed by atoms with Gasteiger partial charge in [-0.25, -0.2) is 0 Å². The summed E-state index contributed by atoms with van der Waals surface area (Å²) in [5, 5.41) is 3.49. The second-order valence-electron chi connectivity index (χ2n) is 4.27. The molecule has 0 aliphatic carbocycles. The summed E-state index contributed by atoms with van der Waals surface area (Å²) in [4.78, 5) is 0. The minimum absolute atomic E-state index is 0.238. The molecule has 1 unspecified atom stereocenters. The van der Waals surface area contributed by atoms with Gasteiger partial charge >= 0.3 is 0 Å². The number of ether oxygens (including phenoxy) is 1. The minimum atomic E-state index is 0.238. The van der Waals surface area contributed by atoms with Gasteiger partial charge in [-0.1, -0.05) is 6.07 Å². The fourth-order valence-corrected chi connectivity index (χ4v) is 2.75. The van der Waals surface area contributed by atoms with Gasteiger partial charge in [0.2, 0.25) is 0 Å². The molecule has 0 aliphatic rings. The van der Waals surface area contributed by atoms with Crippen molar-refractivity contribution in [3.63, 3.8) is 0 Å². The van der Waals surface area contributed by atoms with Crippen molar-refractivity contribution in [1.82, 2.24) is 0 Å². The molecule has 2 nitrogen and oxygen atoms in total. The summed E-state index contributed by atoms with van der Waals surface area (Å²) in [6.45, 7) is 2.15. The summed E-state index contributed by atoms with van der Waals surface area (Å²) in [7, 11) is 1.67. The Bertz CT molecular complexity index is 557.